The molecule has 2 atom stereocenters. The monoisotopic (exact) mass is 398 g/mol. The average Bonchev–Trinajstić information content (AvgIpc) is 2.74. The Hall–Kier alpha value is -2.54. The molecule has 1 fully saturated rings. The molecule has 0 bridgehead atoms. The van der Waals surface area contributed by atoms with Crippen molar-refractivity contribution in [2.24, 2.45) is 0 Å². The summed E-state index contributed by atoms with van der Waals surface area (Å²) in [5.74, 6) is 1.10. The average molecular weight is 398 g/mol. The number of carbonyl (C=O) groups is 1. The van der Waals surface area contributed by atoms with Crippen LogP contribution in [0.3, 0.4) is 0 Å². The lowest BCUT2D eigenvalue weighted by Gasteiger charge is -2.34. The van der Waals surface area contributed by atoms with Crippen molar-refractivity contribution >= 4 is 5.91 Å². The van der Waals surface area contributed by atoms with E-state index in [9.17, 15) is 9.18 Å². The molecule has 2 aromatic rings. The number of ether oxygens (including phenoxy) is 1. The van der Waals surface area contributed by atoms with Crippen LogP contribution in [0.4, 0.5) is 4.39 Å². The third kappa shape index (κ3) is 4.56. The molecule has 3 heterocycles. The van der Waals surface area contributed by atoms with E-state index in [2.05, 4.69) is 16.9 Å². The zero-order chi connectivity index (χ0) is 20.4. The van der Waals surface area contributed by atoms with Crippen molar-refractivity contribution in [3.63, 3.8) is 0 Å². The van der Waals surface area contributed by atoms with Gasteiger partial charge in [0.2, 0.25) is 0 Å². The predicted octanol–water partition coefficient (Wildman–Crippen LogP) is 2.78. The fourth-order valence-corrected chi connectivity index (χ4v) is 4.08. The van der Waals surface area contributed by atoms with Crippen molar-refractivity contribution in [3.05, 3.63) is 53.4 Å². The number of carbonyl (C=O) groups excluding carboxylic acids is 1. The van der Waals surface area contributed by atoms with E-state index in [-0.39, 0.29) is 17.6 Å². The van der Waals surface area contributed by atoms with Crippen molar-refractivity contribution in [1.82, 2.24) is 19.8 Å². The molecule has 1 aromatic carbocycles. The van der Waals surface area contributed by atoms with E-state index in [1.807, 2.05) is 11.1 Å². The molecule has 1 saturated heterocycles. The van der Waals surface area contributed by atoms with Crippen molar-refractivity contribution in [2.45, 2.75) is 44.8 Å². The molecular weight excluding hydrogens is 371 g/mol. The minimum Gasteiger partial charge on any atom is -0.481 e. The zero-order valence-electron chi connectivity index (χ0n) is 17.0. The number of likely N-dealkylation sites (tertiary alicyclic amines) is 1. The third-order valence-corrected chi connectivity index (χ3v) is 5.72. The summed E-state index contributed by atoms with van der Waals surface area (Å²) < 4.78 is 18.8. The first-order chi connectivity index (χ1) is 14.0. The van der Waals surface area contributed by atoms with Gasteiger partial charge in [0, 0.05) is 56.0 Å². The first kappa shape index (κ1) is 19.8. The van der Waals surface area contributed by atoms with Crippen LogP contribution in [0.15, 0.2) is 30.5 Å². The van der Waals surface area contributed by atoms with E-state index in [1.54, 1.807) is 6.92 Å². The number of aromatic nitrogens is 2. The molecule has 154 valence electrons. The van der Waals surface area contributed by atoms with Crippen molar-refractivity contribution in [1.29, 1.82) is 0 Å². The summed E-state index contributed by atoms with van der Waals surface area (Å²) in [5, 5.41) is 0. The normalized spacial score (nSPS) is 20.8. The van der Waals surface area contributed by atoms with Gasteiger partial charge in [-0.25, -0.2) is 14.4 Å². The molecule has 4 rings (SSSR count). The van der Waals surface area contributed by atoms with Gasteiger partial charge < -0.3 is 14.5 Å². The molecule has 0 N–H and O–H groups in total. The molecular formula is C22H27FN4O2. The summed E-state index contributed by atoms with van der Waals surface area (Å²) in [5.41, 5.74) is 2.34. The second-order valence-electron chi connectivity index (χ2n) is 8.03. The van der Waals surface area contributed by atoms with Gasteiger partial charge in [-0.05, 0) is 51.1 Å². The van der Waals surface area contributed by atoms with Gasteiger partial charge >= 0.3 is 0 Å². The van der Waals surface area contributed by atoms with Crippen LogP contribution in [-0.4, -0.2) is 58.5 Å². The van der Waals surface area contributed by atoms with Gasteiger partial charge in [-0.2, -0.15) is 0 Å². The Morgan fingerprint density at radius 3 is 2.86 bits per heavy atom. The predicted molar refractivity (Wildman–Crippen MR) is 107 cm³/mol. The summed E-state index contributed by atoms with van der Waals surface area (Å²) in [6.45, 7) is 4.96. The highest BCUT2D eigenvalue weighted by molar-refractivity contribution is 5.81. The number of halogens is 1. The van der Waals surface area contributed by atoms with Crippen molar-refractivity contribution in [3.8, 4) is 5.75 Å². The molecule has 0 unspecified atom stereocenters. The fraction of sp³-hybridized carbons (Fsp3) is 0.500. The Kier molecular flexibility index (Phi) is 5.76. The largest absolute Gasteiger partial charge is 0.481 e. The fourth-order valence-electron chi connectivity index (χ4n) is 4.08. The standard InChI is InChI=1S/C22H27FN4O2/c1-15(29-19-7-5-18(23)6-8-19)22(28)27-10-3-4-16(14-27)21-24-12-17-13-26(2)11-9-20(17)25-21/h5-8,12,15-16H,3-4,9-11,13-14H2,1-2H3/t15-,16+/m1/s1. The van der Waals surface area contributed by atoms with Gasteiger partial charge in [-0.3, -0.25) is 4.79 Å². The molecule has 0 saturated carbocycles. The van der Waals surface area contributed by atoms with E-state index in [0.717, 1.165) is 43.9 Å². The molecule has 7 heteroatoms. The molecule has 1 aromatic heterocycles. The van der Waals surface area contributed by atoms with Crippen LogP contribution in [0.2, 0.25) is 0 Å². The molecule has 29 heavy (non-hydrogen) atoms. The number of fused-ring (bicyclic) bond motifs is 1. The van der Waals surface area contributed by atoms with Crippen LogP contribution in [0.1, 0.15) is 42.8 Å². The van der Waals surface area contributed by atoms with E-state index in [0.29, 0.717) is 18.8 Å². The molecule has 2 aliphatic rings. The highest BCUT2D eigenvalue weighted by Gasteiger charge is 2.30. The second kappa shape index (κ2) is 8.45. The minimum absolute atomic E-state index is 0.0568. The Bertz CT molecular complexity index is 874. The van der Waals surface area contributed by atoms with Crippen molar-refractivity contribution < 1.29 is 13.9 Å². The molecule has 6 nitrogen and oxygen atoms in total. The molecule has 0 aliphatic carbocycles. The topological polar surface area (TPSA) is 58.6 Å². The van der Waals surface area contributed by atoms with E-state index in [1.165, 1.54) is 29.8 Å². The lowest BCUT2D eigenvalue weighted by molar-refractivity contribution is -0.139. The minimum atomic E-state index is -0.626. The van der Waals surface area contributed by atoms with Gasteiger partial charge in [-0.1, -0.05) is 0 Å². The summed E-state index contributed by atoms with van der Waals surface area (Å²) in [4.78, 5) is 26.5. The zero-order valence-corrected chi connectivity index (χ0v) is 17.0. The maximum absolute atomic E-state index is 13.1. The molecule has 0 spiro atoms. The highest BCUT2D eigenvalue weighted by Crippen LogP contribution is 2.27. The lowest BCUT2D eigenvalue weighted by atomic mass is 9.96. The first-order valence-corrected chi connectivity index (χ1v) is 10.2. The van der Waals surface area contributed by atoms with E-state index < -0.39 is 6.10 Å². The number of piperidine rings is 1. The van der Waals surface area contributed by atoms with Crippen molar-refractivity contribution in [2.75, 3.05) is 26.7 Å². The Morgan fingerprint density at radius 1 is 1.28 bits per heavy atom. The van der Waals surface area contributed by atoms with Gasteiger partial charge in [0.15, 0.2) is 6.10 Å². The van der Waals surface area contributed by atoms with Gasteiger partial charge in [0.25, 0.3) is 5.91 Å². The maximum atomic E-state index is 13.1. The lowest BCUT2D eigenvalue weighted by Crippen LogP contribution is -2.45. The smallest absolute Gasteiger partial charge is 0.263 e. The van der Waals surface area contributed by atoms with Crippen LogP contribution >= 0.6 is 0 Å². The van der Waals surface area contributed by atoms with Gasteiger partial charge in [0.1, 0.15) is 17.4 Å². The van der Waals surface area contributed by atoms with Crippen LogP contribution in [0.25, 0.3) is 0 Å². The Balaban J connectivity index is 1.41. The molecule has 2 aliphatic heterocycles. The van der Waals surface area contributed by atoms with Crippen LogP contribution in [-0.2, 0) is 17.8 Å². The number of hydrogen-bond donors (Lipinski definition) is 0. The van der Waals surface area contributed by atoms with Crippen LogP contribution in [0, 0.1) is 5.82 Å². The summed E-state index contributed by atoms with van der Waals surface area (Å²) in [7, 11) is 2.11. The van der Waals surface area contributed by atoms with Gasteiger partial charge in [0.05, 0.1) is 0 Å². The SMILES string of the molecule is C[C@@H](Oc1ccc(F)cc1)C(=O)N1CCC[C@H](c2ncc3c(n2)CCN(C)C3)C1. The number of hydrogen-bond acceptors (Lipinski definition) is 5. The number of likely N-dealkylation sites (N-methyl/N-ethyl adjacent to an activating group) is 1. The molecule has 0 radical (unpaired) electrons. The Labute approximate surface area is 170 Å². The number of rotatable bonds is 4. The Morgan fingerprint density at radius 2 is 2.07 bits per heavy atom. The van der Waals surface area contributed by atoms with Crippen LogP contribution < -0.4 is 4.74 Å². The van der Waals surface area contributed by atoms with Gasteiger partial charge in [-0.15, -0.1) is 0 Å². The van der Waals surface area contributed by atoms with Crippen LogP contribution in [0.5, 0.6) is 5.75 Å². The van der Waals surface area contributed by atoms with E-state index >= 15 is 0 Å². The summed E-state index contributed by atoms with van der Waals surface area (Å²) >= 11 is 0. The number of benzene rings is 1. The second-order valence-corrected chi connectivity index (χ2v) is 8.03. The number of nitrogens with zero attached hydrogens (tertiary/aromatic N) is 4. The number of amides is 1. The quantitative estimate of drug-likeness (QED) is 0.793. The molecule has 1 amide bonds. The summed E-state index contributed by atoms with van der Waals surface area (Å²) in [6, 6.07) is 5.73. The summed E-state index contributed by atoms with van der Waals surface area (Å²) in [6.07, 6.45) is 4.17. The maximum Gasteiger partial charge on any atom is 0.263 e. The first-order valence-electron chi connectivity index (χ1n) is 10.2. The van der Waals surface area contributed by atoms with E-state index in [4.69, 9.17) is 9.72 Å². The third-order valence-electron chi connectivity index (χ3n) is 5.72. The highest BCUT2D eigenvalue weighted by atomic mass is 19.1.